The zero-order chi connectivity index (χ0) is 25.9. The molecule has 1 N–H and O–H groups in total. The fourth-order valence-corrected chi connectivity index (χ4v) is 6.32. The van der Waals surface area contributed by atoms with Crippen LogP contribution < -0.4 is 9.04 Å². The van der Waals surface area contributed by atoms with Crippen LogP contribution in [0.3, 0.4) is 0 Å². The van der Waals surface area contributed by atoms with Gasteiger partial charge in [0.25, 0.3) is 10.0 Å². The van der Waals surface area contributed by atoms with Gasteiger partial charge in [-0.2, -0.15) is 0 Å². The number of hydrogen-bond donors (Lipinski definition) is 1. The molecule has 1 unspecified atom stereocenters. The van der Waals surface area contributed by atoms with Crippen LogP contribution in [-0.4, -0.2) is 24.5 Å². The number of carboxylic acids is 1. The van der Waals surface area contributed by atoms with Crippen molar-refractivity contribution in [1.82, 2.24) is 4.98 Å². The van der Waals surface area contributed by atoms with Crippen LogP contribution in [-0.2, 0) is 21.4 Å². The largest absolute Gasteiger partial charge is 0.489 e. The molecule has 0 radical (unpaired) electrons. The molecule has 0 spiro atoms. The van der Waals surface area contributed by atoms with Gasteiger partial charge in [0, 0.05) is 16.6 Å². The molecule has 5 rings (SSSR count). The van der Waals surface area contributed by atoms with Gasteiger partial charge in [-0.3, -0.25) is 14.1 Å². The minimum absolute atomic E-state index is 0.140. The summed E-state index contributed by atoms with van der Waals surface area (Å²) in [6.07, 6.45) is -0.330. The van der Waals surface area contributed by atoms with Crippen LogP contribution in [0.5, 0.6) is 5.75 Å². The molecule has 0 fully saturated rings. The maximum Gasteiger partial charge on any atom is 0.305 e. The van der Waals surface area contributed by atoms with E-state index in [9.17, 15) is 18.3 Å². The molecule has 8 heteroatoms. The van der Waals surface area contributed by atoms with Crippen LogP contribution in [0.1, 0.15) is 43.1 Å². The molecule has 0 bridgehead atoms. The second-order valence-corrected chi connectivity index (χ2v) is 9.96. The number of carbonyl (C=O) groups is 1. The molecule has 0 aliphatic carbocycles. The molecule has 7 nitrogen and oxygen atoms in total. The summed E-state index contributed by atoms with van der Waals surface area (Å²) in [7, 11) is -3.87. The van der Waals surface area contributed by atoms with Gasteiger partial charge in [0.15, 0.2) is 0 Å². The van der Waals surface area contributed by atoms with Crippen molar-refractivity contribution >= 4 is 32.6 Å². The van der Waals surface area contributed by atoms with E-state index in [0.29, 0.717) is 23.6 Å². The first-order chi connectivity index (χ1) is 17.3. The van der Waals surface area contributed by atoms with Crippen molar-refractivity contribution in [2.45, 2.75) is 44.7 Å². The molecule has 36 heavy (non-hydrogen) atoms. The molecule has 0 saturated heterocycles. The minimum Gasteiger partial charge on any atom is -0.489 e. The zero-order valence-electron chi connectivity index (χ0n) is 20.4. The third-order valence-corrected chi connectivity index (χ3v) is 7.79. The highest BCUT2D eigenvalue weighted by molar-refractivity contribution is 7.93. The second kappa shape index (κ2) is 10.4. The Labute approximate surface area is 211 Å². The zero-order valence-corrected chi connectivity index (χ0v) is 21.2. The van der Waals surface area contributed by atoms with E-state index in [2.05, 4.69) is 4.98 Å². The number of ether oxygens (including phenoxy) is 1. The topological polar surface area (TPSA) is 96.8 Å². The minimum atomic E-state index is -3.87. The molecule has 1 aromatic heterocycles. The Morgan fingerprint density at radius 2 is 1.67 bits per heavy atom. The Morgan fingerprint density at radius 3 is 2.39 bits per heavy atom. The SMILES string of the molecule is CC.Cc1cc(COc2ccc(N3C(CC(=O)O)c4ccccc4S3(=O)=O)cc2)c2ccccc2n1. The maximum absolute atomic E-state index is 13.2. The van der Waals surface area contributed by atoms with E-state index in [1.54, 1.807) is 42.5 Å². The second-order valence-electron chi connectivity index (χ2n) is 8.17. The molecule has 186 valence electrons. The van der Waals surface area contributed by atoms with Crippen LogP contribution >= 0.6 is 0 Å². The average Bonchev–Trinajstić information content (AvgIpc) is 3.10. The van der Waals surface area contributed by atoms with Gasteiger partial charge in [0.1, 0.15) is 12.4 Å². The average molecular weight is 505 g/mol. The molecule has 1 aliphatic rings. The first-order valence-corrected chi connectivity index (χ1v) is 13.2. The number of aliphatic carboxylic acids is 1. The number of benzene rings is 3. The lowest BCUT2D eigenvalue weighted by molar-refractivity contribution is -0.137. The van der Waals surface area contributed by atoms with Crippen LogP contribution in [0.4, 0.5) is 5.69 Å². The summed E-state index contributed by atoms with van der Waals surface area (Å²) < 4.78 is 33.6. The number of para-hydroxylation sites is 1. The number of aryl methyl sites for hydroxylation is 1. The summed E-state index contributed by atoms with van der Waals surface area (Å²) in [6, 6.07) is 22.3. The first kappa shape index (κ1) is 25.2. The van der Waals surface area contributed by atoms with Crippen LogP contribution in [0.15, 0.2) is 83.8 Å². The number of anilines is 1. The third kappa shape index (κ3) is 4.77. The van der Waals surface area contributed by atoms with Crippen molar-refractivity contribution in [2.24, 2.45) is 0 Å². The summed E-state index contributed by atoms with van der Waals surface area (Å²) in [5.74, 6) is -0.493. The summed E-state index contributed by atoms with van der Waals surface area (Å²) in [6.45, 7) is 6.27. The van der Waals surface area contributed by atoms with Crippen molar-refractivity contribution in [3.05, 3.63) is 95.7 Å². The third-order valence-electron chi connectivity index (χ3n) is 5.88. The van der Waals surface area contributed by atoms with Crippen molar-refractivity contribution in [3.63, 3.8) is 0 Å². The molecule has 1 atom stereocenters. The van der Waals surface area contributed by atoms with Crippen molar-refractivity contribution < 1.29 is 23.1 Å². The van der Waals surface area contributed by atoms with Gasteiger partial charge in [-0.1, -0.05) is 50.2 Å². The van der Waals surface area contributed by atoms with Gasteiger partial charge in [-0.15, -0.1) is 0 Å². The van der Waals surface area contributed by atoms with E-state index in [-0.39, 0.29) is 11.3 Å². The number of aromatic nitrogens is 1. The van der Waals surface area contributed by atoms with Crippen LogP contribution in [0, 0.1) is 6.92 Å². The summed E-state index contributed by atoms with van der Waals surface area (Å²) >= 11 is 0. The molecule has 4 aromatic rings. The highest BCUT2D eigenvalue weighted by Gasteiger charge is 2.43. The Bertz CT molecular complexity index is 1500. The summed E-state index contributed by atoms with van der Waals surface area (Å²) in [4.78, 5) is 16.2. The summed E-state index contributed by atoms with van der Waals surface area (Å²) in [5.41, 5.74) is 3.69. The molecular weight excluding hydrogens is 476 g/mol. The monoisotopic (exact) mass is 504 g/mol. The first-order valence-electron chi connectivity index (χ1n) is 11.8. The highest BCUT2D eigenvalue weighted by Crippen LogP contribution is 2.44. The quantitative estimate of drug-likeness (QED) is 0.353. The Kier molecular flexibility index (Phi) is 7.26. The van der Waals surface area contributed by atoms with Gasteiger partial charge in [0.05, 0.1) is 28.6 Å². The fraction of sp³-hybridized carbons (Fsp3) is 0.214. The van der Waals surface area contributed by atoms with Gasteiger partial charge in [-0.05, 0) is 55.0 Å². The Hall–Kier alpha value is -3.91. The van der Waals surface area contributed by atoms with Crippen LogP contribution in [0.2, 0.25) is 0 Å². The lowest BCUT2D eigenvalue weighted by Crippen LogP contribution is -2.29. The number of sulfonamides is 1. The normalized spacial score (nSPS) is 15.6. The predicted molar refractivity (Wildman–Crippen MR) is 140 cm³/mol. The Balaban J connectivity index is 0.00000148. The van der Waals surface area contributed by atoms with E-state index in [4.69, 9.17) is 4.74 Å². The van der Waals surface area contributed by atoms with E-state index in [1.165, 1.54) is 10.4 Å². The number of pyridine rings is 1. The smallest absolute Gasteiger partial charge is 0.305 e. The van der Waals surface area contributed by atoms with Gasteiger partial charge >= 0.3 is 5.97 Å². The van der Waals surface area contributed by atoms with E-state index in [1.807, 2.05) is 51.1 Å². The number of hydrogen-bond acceptors (Lipinski definition) is 5. The summed E-state index contributed by atoms with van der Waals surface area (Å²) in [5, 5.41) is 10.4. The molecule has 2 heterocycles. The molecule has 0 saturated carbocycles. The predicted octanol–water partition coefficient (Wildman–Crippen LogP) is 5.87. The maximum atomic E-state index is 13.2. The lowest BCUT2D eigenvalue weighted by atomic mass is 10.0. The highest BCUT2D eigenvalue weighted by atomic mass is 32.2. The van der Waals surface area contributed by atoms with Gasteiger partial charge in [0.2, 0.25) is 0 Å². The number of fused-ring (bicyclic) bond motifs is 2. The van der Waals surface area contributed by atoms with E-state index < -0.39 is 22.0 Å². The van der Waals surface area contributed by atoms with Crippen LogP contribution in [0.25, 0.3) is 10.9 Å². The number of rotatable bonds is 6. The lowest BCUT2D eigenvalue weighted by Gasteiger charge is -2.24. The molecular formula is C28H28N2O5S. The molecule has 0 amide bonds. The fourth-order valence-electron chi connectivity index (χ4n) is 4.43. The van der Waals surface area contributed by atoms with Crippen molar-refractivity contribution in [2.75, 3.05) is 4.31 Å². The van der Waals surface area contributed by atoms with Gasteiger partial charge in [-0.25, -0.2) is 8.42 Å². The number of nitrogens with zero attached hydrogens (tertiary/aromatic N) is 2. The number of carboxylic acid groups (broad SMARTS) is 1. The van der Waals surface area contributed by atoms with Crippen molar-refractivity contribution in [3.8, 4) is 5.75 Å². The van der Waals surface area contributed by atoms with Crippen molar-refractivity contribution in [1.29, 1.82) is 0 Å². The standard InChI is InChI=1S/C26H22N2O5S.C2H6/c1-17-14-18(21-6-2-4-8-23(21)27-17)16-33-20-12-10-19(11-13-20)28-24(15-26(29)30)22-7-3-5-9-25(22)34(28,31)32;1-2/h2-14,24H,15-16H2,1H3,(H,29,30);1-2H3. The van der Waals surface area contributed by atoms with E-state index in [0.717, 1.165) is 22.2 Å². The molecule has 1 aliphatic heterocycles. The molecule has 3 aromatic carbocycles. The van der Waals surface area contributed by atoms with E-state index >= 15 is 0 Å². The van der Waals surface area contributed by atoms with Gasteiger partial charge < -0.3 is 9.84 Å². The Morgan fingerprint density at radius 1 is 1.00 bits per heavy atom.